The Morgan fingerprint density at radius 3 is 2.86 bits per heavy atom. The Morgan fingerprint density at radius 2 is 2.19 bits per heavy atom. The zero-order valence-corrected chi connectivity index (χ0v) is 14.0. The van der Waals surface area contributed by atoms with E-state index in [1.165, 1.54) is 37.1 Å². The highest BCUT2D eigenvalue weighted by atomic mass is 16.5. The summed E-state index contributed by atoms with van der Waals surface area (Å²) >= 11 is 0. The van der Waals surface area contributed by atoms with E-state index in [0.29, 0.717) is 6.04 Å². The van der Waals surface area contributed by atoms with Crippen LogP contribution in [0.4, 0.5) is 0 Å². The number of rotatable bonds is 6. The number of methoxy groups -OCH3 is 1. The van der Waals surface area contributed by atoms with Crippen molar-refractivity contribution in [3.8, 4) is 5.75 Å². The van der Waals surface area contributed by atoms with Gasteiger partial charge in [-0.2, -0.15) is 0 Å². The van der Waals surface area contributed by atoms with Gasteiger partial charge in [-0.1, -0.05) is 26.8 Å². The lowest BCUT2D eigenvalue weighted by molar-refractivity contribution is 0.175. The van der Waals surface area contributed by atoms with E-state index in [-0.39, 0.29) is 0 Å². The maximum atomic E-state index is 5.55. The maximum absolute atomic E-state index is 5.55. The van der Waals surface area contributed by atoms with E-state index in [4.69, 9.17) is 4.74 Å². The average molecular weight is 290 g/mol. The van der Waals surface area contributed by atoms with Gasteiger partial charge in [-0.15, -0.1) is 0 Å². The molecule has 21 heavy (non-hydrogen) atoms. The molecule has 0 aliphatic carbocycles. The smallest absolute Gasteiger partial charge is 0.123 e. The van der Waals surface area contributed by atoms with Crippen LogP contribution >= 0.6 is 0 Å². The van der Waals surface area contributed by atoms with Crippen LogP contribution in [0.3, 0.4) is 0 Å². The Morgan fingerprint density at radius 1 is 1.38 bits per heavy atom. The van der Waals surface area contributed by atoms with Crippen LogP contribution in [-0.4, -0.2) is 31.1 Å². The summed E-state index contributed by atoms with van der Waals surface area (Å²) in [5.41, 5.74) is 2.65. The van der Waals surface area contributed by atoms with Gasteiger partial charge < -0.3 is 10.1 Å². The Bertz CT molecular complexity index is 445. The molecule has 1 heterocycles. The molecule has 1 atom stereocenters. The van der Waals surface area contributed by atoms with Gasteiger partial charge in [0.1, 0.15) is 5.75 Å². The molecule has 1 fully saturated rings. The van der Waals surface area contributed by atoms with Gasteiger partial charge in [0.25, 0.3) is 0 Å². The van der Waals surface area contributed by atoms with Crippen LogP contribution in [-0.2, 0) is 13.1 Å². The quantitative estimate of drug-likeness (QED) is 0.869. The minimum absolute atomic E-state index is 0.512. The van der Waals surface area contributed by atoms with Crippen LogP contribution in [0, 0.1) is 5.92 Å². The third kappa shape index (κ3) is 5.01. The van der Waals surface area contributed by atoms with Crippen molar-refractivity contribution in [1.82, 2.24) is 10.2 Å². The zero-order valence-electron chi connectivity index (χ0n) is 14.0. The summed E-state index contributed by atoms with van der Waals surface area (Å²) < 4.78 is 5.55. The predicted molar refractivity (Wildman–Crippen MR) is 88.6 cm³/mol. The van der Waals surface area contributed by atoms with E-state index in [9.17, 15) is 0 Å². The number of nitrogens with zero attached hydrogens (tertiary/aromatic N) is 1. The molecule has 1 aromatic carbocycles. The van der Waals surface area contributed by atoms with Crippen molar-refractivity contribution < 1.29 is 4.74 Å². The molecule has 1 unspecified atom stereocenters. The third-order valence-corrected chi connectivity index (χ3v) is 4.19. The fourth-order valence-electron chi connectivity index (χ4n) is 3.06. The van der Waals surface area contributed by atoms with Crippen molar-refractivity contribution >= 4 is 0 Å². The van der Waals surface area contributed by atoms with Crippen molar-refractivity contribution in [3.05, 3.63) is 29.3 Å². The molecule has 0 bridgehead atoms. The molecule has 0 saturated carbocycles. The summed E-state index contributed by atoms with van der Waals surface area (Å²) in [6.45, 7) is 11.1. The van der Waals surface area contributed by atoms with Gasteiger partial charge in [0.15, 0.2) is 0 Å². The first-order valence-corrected chi connectivity index (χ1v) is 8.20. The van der Waals surface area contributed by atoms with E-state index >= 15 is 0 Å². The molecule has 1 aliphatic heterocycles. The molecule has 1 aromatic rings. The second kappa shape index (κ2) is 7.81. The summed E-state index contributed by atoms with van der Waals surface area (Å²) in [4.78, 5) is 2.56. The van der Waals surface area contributed by atoms with Crippen LogP contribution in [0.15, 0.2) is 18.2 Å². The normalized spacial score (nSPS) is 20.0. The third-order valence-electron chi connectivity index (χ3n) is 4.19. The SMILES string of the molecule is COc1ccc(CNC(C)C)cc1CN1CCCC(C)C1. The van der Waals surface area contributed by atoms with Gasteiger partial charge in [0, 0.05) is 31.2 Å². The van der Waals surface area contributed by atoms with Crippen LogP contribution in [0.1, 0.15) is 44.7 Å². The number of benzene rings is 1. The zero-order chi connectivity index (χ0) is 15.2. The summed E-state index contributed by atoms with van der Waals surface area (Å²) in [6.07, 6.45) is 2.68. The first-order chi connectivity index (χ1) is 10.1. The molecule has 0 aromatic heterocycles. The Kier molecular flexibility index (Phi) is 6.07. The molecular formula is C18H30N2O. The molecule has 1 saturated heterocycles. The maximum Gasteiger partial charge on any atom is 0.123 e. The van der Waals surface area contributed by atoms with Crippen molar-refractivity contribution in [1.29, 1.82) is 0 Å². The highest BCUT2D eigenvalue weighted by Gasteiger charge is 2.17. The minimum Gasteiger partial charge on any atom is -0.496 e. The van der Waals surface area contributed by atoms with Gasteiger partial charge in [-0.25, -0.2) is 0 Å². The van der Waals surface area contributed by atoms with Crippen molar-refractivity contribution in [2.75, 3.05) is 20.2 Å². The molecular weight excluding hydrogens is 260 g/mol. The van der Waals surface area contributed by atoms with Gasteiger partial charge in [-0.05, 0) is 43.0 Å². The van der Waals surface area contributed by atoms with Crippen LogP contribution in [0.5, 0.6) is 5.75 Å². The summed E-state index contributed by atoms with van der Waals surface area (Å²) in [5.74, 6) is 1.83. The number of piperidine rings is 1. The average Bonchev–Trinajstić information content (AvgIpc) is 2.45. The lowest BCUT2D eigenvalue weighted by atomic mass is 9.99. The monoisotopic (exact) mass is 290 g/mol. The van der Waals surface area contributed by atoms with Crippen LogP contribution < -0.4 is 10.1 Å². The molecule has 0 amide bonds. The first kappa shape index (κ1) is 16.3. The summed E-state index contributed by atoms with van der Waals surface area (Å²) in [7, 11) is 1.77. The van der Waals surface area contributed by atoms with Gasteiger partial charge in [-0.3, -0.25) is 4.90 Å². The second-order valence-corrected chi connectivity index (χ2v) is 6.66. The molecule has 1 aliphatic rings. The van der Waals surface area contributed by atoms with Gasteiger partial charge >= 0.3 is 0 Å². The van der Waals surface area contributed by atoms with Crippen LogP contribution in [0.25, 0.3) is 0 Å². The molecule has 2 rings (SSSR count). The Hall–Kier alpha value is -1.06. The van der Waals surface area contributed by atoms with Gasteiger partial charge in [0.05, 0.1) is 7.11 Å². The highest BCUT2D eigenvalue weighted by Crippen LogP contribution is 2.24. The Balaban J connectivity index is 2.06. The van der Waals surface area contributed by atoms with Crippen molar-refractivity contribution in [3.63, 3.8) is 0 Å². The second-order valence-electron chi connectivity index (χ2n) is 6.66. The van der Waals surface area contributed by atoms with Gasteiger partial charge in [0.2, 0.25) is 0 Å². The fraction of sp³-hybridized carbons (Fsp3) is 0.667. The predicted octanol–water partition coefficient (Wildman–Crippen LogP) is 3.43. The molecule has 3 nitrogen and oxygen atoms in total. The standard InChI is InChI=1S/C18H30N2O/c1-14(2)19-11-16-7-8-18(21-4)17(10-16)13-20-9-5-6-15(3)12-20/h7-8,10,14-15,19H,5-6,9,11-13H2,1-4H3. The molecule has 1 N–H and O–H groups in total. The van der Waals surface area contributed by atoms with Crippen LogP contribution in [0.2, 0.25) is 0 Å². The largest absolute Gasteiger partial charge is 0.496 e. The number of hydrogen-bond acceptors (Lipinski definition) is 3. The number of ether oxygens (including phenoxy) is 1. The number of nitrogens with one attached hydrogen (secondary N) is 1. The van der Waals surface area contributed by atoms with E-state index in [1.807, 2.05) is 0 Å². The van der Waals surface area contributed by atoms with Crippen molar-refractivity contribution in [2.45, 2.75) is 52.7 Å². The molecule has 0 radical (unpaired) electrons. The Labute approximate surface area is 129 Å². The molecule has 0 spiro atoms. The summed E-state index contributed by atoms with van der Waals surface area (Å²) in [6, 6.07) is 7.09. The van der Waals surface area contributed by atoms with E-state index < -0.39 is 0 Å². The van der Waals surface area contributed by atoms with E-state index in [0.717, 1.165) is 24.8 Å². The van der Waals surface area contributed by atoms with Crippen molar-refractivity contribution in [2.24, 2.45) is 5.92 Å². The molecule has 118 valence electrons. The lowest BCUT2D eigenvalue weighted by Crippen LogP contribution is -2.33. The van der Waals surface area contributed by atoms with E-state index in [2.05, 4.69) is 49.2 Å². The van der Waals surface area contributed by atoms with E-state index in [1.54, 1.807) is 7.11 Å². The highest BCUT2D eigenvalue weighted by molar-refractivity contribution is 5.37. The summed E-state index contributed by atoms with van der Waals surface area (Å²) in [5, 5.41) is 3.48. The number of likely N-dealkylation sites (tertiary alicyclic amines) is 1. The first-order valence-electron chi connectivity index (χ1n) is 8.20. The number of hydrogen-bond donors (Lipinski definition) is 1. The lowest BCUT2D eigenvalue weighted by Gasteiger charge is -2.31. The fourth-order valence-corrected chi connectivity index (χ4v) is 3.06. The minimum atomic E-state index is 0.512. The molecule has 3 heteroatoms. The topological polar surface area (TPSA) is 24.5 Å².